The second-order valence-corrected chi connectivity index (χ2v) is 4.64. The molecule has 2 aromatic heterocycles. The van der Waals surface area contributed by atoms with Crippen LogP contribution < -0.4 is 5.32 Å². The number of aryl methyl sites for hydroxylation is 1. The Labute approximate surface area is 109 Å². The van der Waals surface area contributed by atoms with E-state index in [0.29, 0.717) is 6.54 Å². The fraction of sp³-hybridized carbons (Fsp3) is 0.250. The van der Waals surface area contributed by atoms with Crippen molar-refractivity contribution < 1.29 is 0 Å². The van der Waals surface area contributed by atoms with Gasteiger partial charge in [-0.1, -0.05) is 0 Å². The van der Waals surface area contributed by atoms with Crippen molar-refractivity contribution in [1.29, 1.82) is 0 Å². The van der Waals surface area contributed by atoms with Crippen LogP contribution >= 0.6 is 15.9 Å². The summed E-state index contributed by atoms with van der Waals surface area (Å²) in [6.07, 6.45) is 5.36. The molecule has 5 heteroatoms. The van der Waals surface area contributed by atoms with Gasteiger partial charge in [0.2, 0.25) is 0 Å². The normalized spacial score (nSPS) is 10.5. The van der Waals surface area contributed by atoms with Gasteiger partial charge in [-0.15, -0.1) is 0 Å². The molecule has 0 saturated carbocycles. The fourth-order valence-electron chi connectivity index (χ4n) is 1.34. The van der Waals surface area contributed by atoms with Crippen molar-refractivity contribution in [3.8, 4) is 0 Å². The van der Waals surface area contributed by atoms with Crippen LogP contribution in [0.1, 0.15) is 17.1 Å². The maximum absolute atomic E-state index is 4.28. The van der Waals surface area contributed by atoms with Gasteiger partial charge in [0.1, 0.15) is 0 Å². The van der Waals surface area contributed by atoms with Crippen LogP contribution in [0.25, 0.3) is 0 Å². The van der Waals surface area contributed by atoms with Crippen LogP contribution in [0.15, 0.2) is 35.2 Å². The maximum atomic E-state index is 4.28. The first-order valence-corrected chi connectivity index (χ1v) is 6.12. The molecule has 1 N–H and O–H groups in total. The minimum absolute atomic E-state index is 0.699. The Hall–Kier alpha value is -1.33. The molecule has 0 fully saturated rings. The van der Waals surface area contributed by atoms with Crippen molar-refractivity contribution in [3.63, 3.8) is 0 Å². The Morgan fingerprint density at radius 1 is 1.00 bits per heavy atom. The minimum Gasteiger partial charge on any atom is -0.305 e. The molecule has 4 nitrogen and oxygen atoms in total. The first-order valence-electron chi connectivity index (χ1n) is 5.33. The standard InChI is InChI=1S/C12H13BrN4/c1-9-4-16-12(8-15-9)7-14-6-11-3-2-10(13)5-17-11/h2-5,8,14H,6-7H2,1H3. The second kappa shape index (κ2) is 5.84. The van der Waals surface area contributed by atoms with E-state index in [4.69, 9.17) is 0 Å². The number of aromatic nitrogens is 3. The number of pyridine rings is 1. The highest BCUT2D eigenvalue weighted by atomic mass is 79.9. The van der Waals surface area contributed by atoms with Crippen LogP contribution in [0.3, 0.4) is 0 Å². The van der Waals surface area contributed by atoms with Crippen molar-refractivity contribution in [2.24, 2.45) is 0 Å². The van der Waals surface area contributed by atoms with Crippen molar-refractivity contribution in [3.05, 3.63) is 52.3 Å². The van der Waals surface area contributed by atoms with Gasteiger partial charge in [0.15, 0.2) is 0 Å². The Balaban J connectivity index is 1.83. The van der Waals surface area contributed by atoms with Gasteiger partial charge in [-0.3, -0.25) is 15.0 Å². The molecule has 0 aromatic carbocycles. The molecule has 0 aliphatic rings. The fourth-order valence-corrected chi connectivity index (χ4v) is 1.57. The van der Waals surface area contributed by atoms with Gasteiger partial charge in [0, 0.05) is 36.2 Å². The summed E-state index contributed by atoms with van der Waals surface area (Å²) in [5, 5.41) is 3.28. The summed E-state index contributed by atoms with van der Waals surface area (Å²) in [6, 6.07) is 3.97. The van der Waals surface area contributed by atoms with Gasteiger partial charge < -0.3 is 5.32 Å². The summed E-state index contributed by atoms with van der Waals surface area (Å²) in [6.45, 7) is 3.35. The van der Waals surface area contributed by atoms with Crippen molar-refractivity contribution >= 4 is 15.9 Å². The van der Waals surface area contributed by atoms with E-state index in [9.17, 15) is 0 Å². The van der Waals surface area contributed by atoms with Crippen LogP contribution in [0.5, 0.6) is 0 Å². The highest BCUT2D eigenvalue weighted by molar-refractivity contribution is 9.10. The van der Waals surface area contributed by atoms with E-state index in [1.165, 1.54) is 0 Å². The largest absolute Gasteiger partial charge is 0.305 e. The topological polar surface area (TPSA) is 50.7 Å². The second-order valence-electron chi connectivity index (χ2n) is 3.72. The monoisotopic (exact) mass is 292 g/mol. The predicted molar refractivity (Wildman–Crippen MR) is 69.2 cm³/mol. The highest BCUT2D eigenvalue weighted by Crippen LogP contribution is 2.07. The molecular weight excluding hydrogens is 280 g/mol. The molecule has 2 aromatic rings. The Morgan fingerprint density at radius 3 is 2.41 bits per heavy atom. The number of nitrogens with zero attached hydrogens (tertiary/aromatic N) is 3. The lowest BCUT2D eigenvalue weighted by atomic mass is 10.3. The quantitative estimate of drug-likeness (QED) is 0.939. The molecule has 2 rings (SSSR count). The van der Waals surface area contributed by atoms with Crippen LogP contribution in [0.4, 0.5) is 0 Å². The summed E-state index contributed by atoms with van der Waals surface area (Å²) < 4.78 is 0.991. The maximum Gasteiger partial charge on any atom is 0.0724 e. The first kappa shape index (κ1) is 12.1. The summed E-state index contributed by atoms with van der Waals surface area (Å²) in [5.74, 6) is 0. The van der Waals surface area contributed by atoms with Gasteiger partial charge in [-0.25, -0.2) is 0 Å². The van der Waals surface area contributed by atoms with Gasteiger partial charge in [-0.05, 0) is 35.0 Å². The molecule has 0 atom stereocenters. The summed E-state index contributed by atoms with van der Waals surface area (Å²) in [4.78, 5) is 12.7. The van der Waals surface area contributed by atoms with E-state index in [-0.39, 0.29) is 0 Å². The molecule has 0 spiro atoms. The summed E-state index contributed by atoms with van der Waals surface area (Å²) in [5.41, 5.74) is 2.88. The zero-order valence-electron chi connectivity index (χ0n) is 9.52. The summed E-state index contributed by atoms with van der Waals surface area (Å²) >= 11 is 3.36. The van der Waals surface area contributed by atoms with Crippen LogP contribution in [-0.4, -0.2) is 15.0 Å². The lowest BCUT2D eigenvalue weighted by Crippen LogP contribution is -2.14. The van der Waals surface area contributed by atoms with Gasteiger partial charge in [0.25, 0.3) is 0 Å². The van der Waals surface area contributed by atoms with E-state index in [1.54, 1.807) is 18.6 Å². The smallest absolute Gasteiger partial charge is 0.0724 e. The van der Waals surface area contributed by atoms with Gasteiger partial charge >= 0.3 is 0 Å². The van der Waals surface area contributed by atoms with Gasteiger partial charge in [0.05, 0.1) is 17.1 Å². The van der Waals surface area contributed by atoms with E-state index in [0.717, 1.165) is 28.1 Å². The number of nitrogens with one attached hydrogen (secondary N) is 1. The summed E-state index contributed by atoms with van der Waals surface area (Å²) in [7, 11) is 0. The average Bonchev–Trinajstić information content (AvgIpc) is 2.34. The molecule has 0 radical (unpaired) electrons. The molecule has 0 aliphatic heterocycles. The number of hydrogen-bond donors (Lipinski definition) is 1. The van der Waals surface area contributed by atoms with E-state index >= 15 is 0 Å². The molecule has 0 bridgehead atoms. The zero-order chi connectivity index (χ0) is 12.1. The third kappa shape index (κ3) is 3.87. The van der Waals surface area contributed by atoms with Gasteiger partial charge in [-0.2, -0.15) is 0 Å². The highest BCUT2D eigenvalue weighted by Gasteiger charge is 1.97. The molecule has 2 heterocycles. The lowest BCUT2D eigenvalue weighted by molar-refractivity contribution is 0.664. The molecule has 0 saturated heterocycles. The lowest BCUT2D eigenvalue weighted by Gasteiger charge is -2.04. The average molecular weight is 293 g/mol. The molecule has 0 aliphatic carbocycles. The Kier molecular flexibility index (Phi) is 4.17. The van der Waals surface area contributed by atoms with Crippen LogP contribution in [0, 0.1) is 6.92 Å². The molecular formula is C12H13BrN4. The Bertz CT molecular complexity index is 421. The third-order valence-electron chi connectivity index (χ3n) is 2.24. The van der Waals surface area contributed by atoms with Crippen molar-refractivity contribution in [2.75, 3.05) is 0 Å². The van der Waals surface area contributed by atoms with E-state index in [1.807, 2.05) is 19.1 Å². The van der Waals surface area contributed by atoms with Crippen molar-refractivity contribution in [1.82, 2.24) is 20.3 Å². The third-order valence-corrected chi connectivity index (χ3v) is 2.70. The number of rotatable bonds is 4. The number of hydrogen-bond acceptors (Lipinski definition) is 4. The van der Waals surface area contributed by atoms with E-state index in [2.05, 4.69) is 36.2 Å². The SMILES string of the molecule is Cc1cnc(CNCc2ccc(Br)cn2)cn1. The Morgan fingerprint density at radius 2 is 1.76 bits per heavy atom. The van der Waals surface area contributed by atoms with Crippen LogP contribution in [-0.2, 0) is 13.1 Å². The zero-order valence-corrected chi connectivity index (χ0v) is 11.1. The van der Waals surface area contributed by atoms with Crippen LogP contribution in [0.2, 0.25) is 0 Å². The number of halogens is 1. The molecule has 17 heavy (non-hydrogen) atoms. The molecule has 0 amide bonds. The first-order chi connectivity index (χ1) is 8.24. The minimum atomic E-state index is 0.699. The molecule has 88 valence electrons. The van der Waals surface area contributed by atoms with Crippen molar-refractivity contribution in [2.45, 2.75) is 20.0 Å². The molecule has 0 unspecified atom stereocenters. The van der Waals surface area contributed by atoms with E-state index < -0.39 is 0 Å². The predicted octanol–water partition coefficient (Wildman–Crippen LogP) is 2.23.